The zero-order chi connectivity index (χ0) is 49.4. The number of amides is 1. The molecular formula is C55H61N3O12. The van der Waals surface area contributed by atoms with Crippen LogP contribution >= 0.6 is 0 Å². The van der Waals surface area contributed by atoms with Gasteiger partial charge in [0.15, 0.2) is 11.5 Å². The Labute approximate surface area is 408 Å². The van der Waals surface area contributed by atoms with Crippen LogP contribution in [0.5, 0.6) is 28.7 Å². The van der Waals surface area contributed by atoms with Gasteiger partial charge in [0.05, 0.1) is 23.2 Å². The minimum absolute atomic E-state index is 0.00854. The van der Waals surface area contributed by atoms with Gasteiger partial charge in [0, 0.05) is 61.4 Å². The molecule has 8 rings (SSSR count). The van der Waals surface area contributed by atoms with Crippen molar-refractivity contribution in [3.63, 3.8) is 0 Å². The number of nitro benzene ring substituents is 1. The normalized spacial score (nSPS) is 22.6. The summed E-state index contributed by atoms with van der Waals surface area (Å²) in [5.41, 5.74) is 3.40. The van der Waals surface area contributed by atoms with Crippen LogP contribution in [-0.4, -0.2) is 82.0 Å². The SMILES string of the molecule is C=CCO[C@@]12Oc3ccc(Oc4cccc(C=O)c4)cc3[C@H]3[C@H](CCCCO)[C@@H](CCCCO)C=C(C(=NOC(C)(C)C)C[C@@H]1N(Cc1ccc4c(c1)OCO4)C(=O)C=Cc1ccc([N+](=O)[O-])cc1)[C@H]32. The summed E-state index contributed by atoms with van der Waals surface area (Å²) >= 11 is 0. The number of hydrogen-bond acceptors (Lipinski definition) is 13. The van der Waals surface area contributed by atoms with Crippen molar-refractivity contribution < 1.29 is 53.2 Å². The van der Waals surface area contributed by atoms with E-state index in [0.29, 0.717) is 58.4 Å². The number of nitro groups is 1. The number of ether oxygens (including phenoxy) is 5. The van der Waals surface area contributed by atoms with Gasteiger partial charge >= 0.3 is 0 Å². The third kappa shape index (κ3) is 11.0. The summed E-state index contributed by atoms with van der Waals surface area (Å²) in [5.74, 6) is -0.279. The van der Waals surface area contributed by atoms with Crippen LogP contribution in [0, 0.1) is 27.9 Å². The minimum Gasteiger partial charge on any atom is -0.459 e. The van der Waals surface area contributed by atoms with E-state index in [9.17, 15) is 25.1 Å². The highest BCUT2D eigenvalue weighted by molar-refractivity contribution is 6.03. The van der Waals surface area contributed by atoms with Gasteiger partial charge in [-0.3, -0.25) is 19.7 Å². The Balaban J connectivity index is 1.35. The summed E-state index contributed by atoms with van der Waals surface area (Å²) in [6.45, 7) is 10.1. The Morgan fingerprint density at radius 2 is 1.67 bits per heavy atom. The summed E-state index contributed by atoms with van der Waals surface area (Å²) in [5, 5.41) is 36.5. The number of benzene rings is 4. The number of hydrogen-bond donors (Lipinski definition) is 2. The monoisotopic (exact) mass is 955 g/mol. The predicted octanol–water partition coefficient (Wildman–Crippen LogP) is 10.1. The van der Waals surface area contributed by atoms with Gasteiger partial charge in [0.2, 0.25) is 18.5 Å². The average Bonchev–Trinajstić information content (AvgIpc) is 3.83. The van der Waals surface area contributed by atoms with Crippen molar-refractivity contribution in [2.45, 2.75) is 95.6 Å². The molecule has 0 saturated heterocycles. The van der Waals surface area contributed by atoms with Gasteiger partial charge in [0.1, 0.15) is 35.2 Å². The fraction of sp³-hybridized carbons (Fsp3) is 0.400. The molecule has 368 valence electrons. The molecule has 4 aliphatic rings. The van der Waals surface area contributed by atoms with E-state index in [0.717, 1.165) is 48.7 Å². The molecule has 2 aliphatic heterocycles. The Morgan fingerprint density at radius 1 is 0.929 bits per heavy atom. The van der Waals surface area contributed by atoms with Crippen LogP contribution in [0.1, 0.15) is 98.7 Å². The molecule has 1 saturated carbocycles. The second-order valence-electron chi connectivity index (χ2n) is 19.1. The Bertz CT molecular complexity index is 2640. The predicted molar refractivity (Wildman–Crippen MR) is 263 cm³/mol. The van der Waals surface area contributed by atoms with Crippen LogP contribution in [0.15, 0.2) is 120 Å². The number of allylic oxidation sites excluding steroid dienone is 1. The van der Waals surface area contributed by atoms with Gasteiger partial charge in [-0.1, -0.05) is 48.3 Å². The van der Waals surface area contributed by atoms with E-state index in [1.54, 1.807) is 53.5 Å². The summed E-state index contributed by atoms with van der Waals surface area (Å²) in [4.78, 5) is 46.1. The first-order chi connectivity index (χ1) is 33.8. The van der Waals surface area contributed by atoms with Crippen molar-refractivity contribution in [1.82, 2.24) is 4.90 Å². The Hall–Kier alpha value is -6.81. The lowest BCUT2D eigenvalue weighted by atomic mass is 9.55. The molecule has 1 fully saturated rings. The highest BCUT2D eigenvalue weighted by atomic mass is 16.7. The molecule has 0 radical (unpaired) electrons. The number of aliphatic hydroxyl groups excluding tert-OH is 2. The second kappa shape index (κ2) is 21.9. The first kappa shape index (κ1) is 49.6. The molecular weight excluding hydrogens is 895 g/mol. The van der Waals surface area contributed by atoms with Crippen molar-refractivity contribution in [1.29, 1.82) is 0 Å². The fourth-order valence-corrected chi connectivity index (χ4v) is 10.2. The summed E-state index contributed by atoms with van der Waals surface area (Å²) < 4.78 is 32.6. The molecule has 0 spiro atoms. The third-order valence-corrected chi connectivity index (χ3v) is 13.3. The molecule has 4 aromatic rings. The quantitative estimate of drug-likeness (QED) is 0.0201. The second-order valence-corrected chi connectivity index (χ2v) is 19.1. The van der Waals surface area contributed by atoms with Crippen LogP contribution < -0.4 is 18.9 Å². The first-order valence-electron chi connectivity index (χ1n) is 24.0. The van der Waals surface area contributed by atoms with E-state index in [2.05, 4.69) is 12.7 Å². The van der Waals surface area contributed by atoms with Gasteiger partial charge in [-0.05, 0) is 136 Å². The number of carbonyl (C=O) groups excluding carboxylic acids is 2. The average molecular weight is 956 g/mol. The van der Waals surface area contributed by atoms with E-state index in [-0.39, 0.29) is 63.0 Å². The molecule has 15 nitrogen and oxygen atoms in total. The van der Waals surface area contributed by atoms with Crippen LogP contribution in [0.4, 0.5) is 5.69 Å². The molecule has 0 unspecified atom stereocenters. The van der Waals surface area contributed by atoms with E-state index >= 15 is 4.79 Å². The Kier molecular flexibility index (Phi) is 15.5. The van der Waals surface area contributed by atoms with Gasteiger partial charge in [-0.15, -0.1) is 6.58 Å². The van der Waals surface area contributed by atoms with Crippen LogP contribution in [0.2, 0.25) is 0 Å². The van der Waals surface area contributed by atoms with Gasteiger partial charge < -0.3 is 43.6 Å². The lowest BCUT2D eigenvalue weighted by Crippen LogP contribution is -2.70. The number of non-ortho nitro benzene ring substituents is 1. The standard InChI is InChI=1S/C55H61N3O12/c1-5-27-67-55-50(57(33-37-17-22-48-49(29-37)66-35-65-48)51(62)24-18-36-15-19-40(20-16-36)58(63)64)32-46(56-70-54(2,3)4)44-30-39(12-6-8-25-59)43(14-7-9-26-60)52(53(44)55)45-31-42(21-23-47(45)69-55)68-41-13-10-11-38(28-41)34-61/h5,10-11,13,15-24,28-31,34,39,43,50,52-53,59-60H,1,6-9,12,14,25-27,32-33,35H2,2-4H3/t39-,43+,50-,52+,53+,55+/m0/s1. The molecule has 2 aliphatic carbocycles. The highest BCUT2D eigenvalue weighted by Crippen LogP contribution is 2.62. The number of fused-ring (bicyclic) bond motifs is 3. The molecule has 0 aromatic heterocycles. The molecule has 2 heterocycles. The first-order valence-corrected chi connectivity index (χ1v) is 24.0. The van der Waals surface area contributed by atoms with Crippen molar-refractivity contribution in [2.75, 3.05) is 26.6 Å². The van der Waals surface area contributed by atoms with E-state index in [1.807, 2.05) is 57.2 Å². The fourth-order valence-electron chi connectivity index (χ4n) is 10.2. The van der Waals surface area contributed by atoms with Crippen LogP contribution in [0.3, 0.4) is 0 Å². The Morgan fingerprint density at radius 3 is 2.40 bits per heavy atom. The maximum absolute atomic E-state index is 15.3. The van der Waals surface area contributed by atoms with Crippen LogP contribution in [-0.2, 0) is 20.9 Å². The van der Waals surface area contributed by atoms with Crippen molar-refractivity contribution in [3.8, 4) is 28.7 Å². The van der Waals surface area contributed by atoms with Crippen molar-refractivity contribution in [2.24, 2.45) is 22.9 Å². The van der Waals surface area contributed by atoms with Crippen molar-refractivity contribution in [3.05, 3.63) is 148 Å². The largest absolute Gasteiger partial charge is 0.459 e. The lowest BCUT2D eigenvalue weighted by Gasteiger charge is -2.60. The number of oxime groups is 1. The number of carbonyl (C=O) groups is 2. The number of aldehydes is 1. The van der Waals surface area contributed by atoms with E-state index in [4.69, 9.17) is 33.7 Å². The van der Waals surface area contributed by atoms with Gasteiger partial charge in [0.25, 0.3) is 5.69 Å². The lowest BCUT2D eigenvalue weighted by molar-refractivity contribution is -0.384. The summed E-state index contributed by atoms with van der Waals surface area (Å²) in [6.07, 6.45) is 12.2. The number of aliphatic hydroxyl groups is 2. The molecule has 2 N–H and O–H groups in total. The summed E-state index contributed by atoms with van der Waals surface area (Å²) in [6, 6.07) is 23.3. The van der Waals surface area contributed by atoms with E-state index < -0.39 is 34.2 Å². The van der Waals surface area contributed by atoms with Gasteiger partial charge in [-0.25, -0.2) is 0 Å². The number of unbranched alkanes of at least 4 members (excludes halogenated alkanes) is 2. The number of rotatable bonds is 21. The highest BCUT2D eigenvalue weighted by Gasteiger charge is 2.65. The molecule has 1 amide bonds. The topological polar surface area (TPSA) is 189 Å². The summed E-state index contributed by atoms with van der Waals surface area (Å²) in [7, 11) is 0. The molecule has 6 atom stereocenters. The van der Waals surface area contributed by atoms with Crippen molar-refractivity contribution >= 4 is 29.7 Å². The molecule has 4 aromatic carbocycles. The van der Waals surface area contributed by atoms with E-state index in [1.165, 1.54) is 18.2 Å². The maximum atomic E-state index is 15.3. The molecule has 0 bridgehead atoms. The zero-order valence-electron chi connectivity index (χ0n) is 39.9. The van der Waals surface area contributed by atoms with Crippen LogP contribution in [0.25, 0.3) is 6.08 Å². The molecule has 70 heavy (non-hydrogen) atoms. The number of nitrogens with zero attached hydrogens (tertiary/aromatic N) is 3. The minimum atomic E-state index is -1.57. The molecule has 15 heteroatoms. The smallest absolute Gasteiger partial charge is 0.269 e. The van der Waals surface area contributed by atoms with Gasteiger partial charge in [-0.2, -0.15) is 0 Å². The maximum Gasteiger partial charge on any atom is 0.269 e. The zero-order valence-corrected chi connectivity index (χ0v) is 39.9. The third-order valence-electron chi connectivity index (χ3n) is 13.3.